The Balaban J connectivity index is 2.43. The average Bonchev–Trinajstić information content (AvgIpc) is 2.25. The van der Waals surface area contributed by atoms with E-state index < -0.39 is 0 Å². The highest BCUT2D eigenvalue weighted by Crippen LogP contribution is 2.11. The Morgan fingerprint density at radius 3 is 2.40 bits per heavy atom. The Morgan fingerprint density at radius 1 is 1.20 bits per heavy atom. The molecule has 0 aliphatic rings. The summed E-state index contributed by atoms with van der Waals surface area (Å²) in [5.41, 5.74) is 1.16. The maximum atomic E-state index is 9.28. The van der Waals surface area contributed by atoms with Crippen LogP contribution in [0.25, 0.3) is 0 Å². The lowest BCUT2D eigenvalue weighted by molar-refractivity contribution is 0.243. The fourth-order valence-electron chi connectivity index (χ4n) is 1.52. The fourth-order valence-corrected chi connectivity index (χ4v) is 1.52. The lowest BCUT2D eigenvalue weighted by atomic mass is 10.1. The van der Waals surface area contributed by atoms with Gasteiger partial charge in [0.25, 0.3) is 0 Å². The molecule has 15 heavy (non-hydrogen) atoms. The number of rotatable bonds is 6. The monoisotopic (exact) mass is 207 g/mol. The lowest BCUT2D eigenvalue weighted by Gasteiger charge is -2.17. The summed E-state index contributed by atoms with van der Waals surface area (Å²) in [6, 6.07) is 10.2. The first-order valence-corrected chi connectivity index (χ1v) is 5.63. The van der Waals surface area contributed by atoms with E-state index in [2.05, 4.69) is 19.2 Å². The van der Waals surface area contributed by atoms with E-state index in [1.54, 1.807) is 0 Å². The Kier molecular flexibility index (Phi) is 5.37. The van der Waals surface area contributed by atoms with Crippen LogP contribution in [-0.2, 0) is 0 Å². The summed E-state index contributed by atoms with van der Waals surface area (Å²) in [5, 5.41) is 12.6. The highest BCUT2D eigenvalue weighted by atomic mass is 16.3. The standard InChI is InChI=1S/C13H21NO/c1-11(2)8-9-14-13(10-15)12-6-4-3-5-7-12/h3-7,11,13-15H,8-10H2,1-2H3. The first kappa shape index (κ1) is 12.2. The predicted molar refractivity (Wildman–Crippen MR) is 63.7 cm³/mol. The molecule has 2 N–H and O–H groups in total. The zero-order chi connectivity index (χ0) is 11.1. The van der Waals surface area contributed by atoms with Gasteiger partial charge in [-0.05, 0) is 24.4 Å². The molecule has 1 atom stereocenters. The third kappa shape index (κ3) is 4.45. The van der Waals surface area contributed by atoms with Crippen molar-refractivity contribution in [3.8, 4) is 0 Å². The van der Waals surface area contributed by atoms with Crippen LogP contribution in [-0.4, -0.2) is 18.3 Å². The van der Waals surface area contributed by atoms with Gasteiger partial charge < -0.3 is 10.4 Å². The molecule has 1 aromatic carbocycles. The molecule has 2 nitrogen and oxygen atoms in total. The summed E-state index contributed by atoms with van der Waals surface area (Å²) in [7, 11) is 0. The second-order valence-electron chi connectivity index (χ2n) is 4.28. The van der Waals surface area contributed by atoms with Crippen LogP contribution in [0.15, 0.2) is 30.3 Å². The van der Waals surface area contributed by atoms with Crippen molar-refractivity contribution in [3.05, 3.63) is 35.9 Å². The molecule has 0 saturated carbocycles. The minimum absolute atomic E-state index is 0.0740. The molecule has 0 saturated heterocycles. The molecule has 84 valence electrons. The van der Waals surface area contributed by atoms with E-state index in [-0.39, 0.29) is 12.6 Å². The third-order valence-corrected chi connectivity index (χ3v) is 2.50. The molecule has 0 amide bonds. The first-order chi connectivity index (χ1) is 7.24. The van der Waals surface area contributed by atoms with Gasteiger partial charge in [-0.2, -0.15) is 0 Å². The Morgan fingerprint density at radius 2 is 1.87 bits per heavy atom. The smallest absolute Gasteiger partial charge is 0.0626 e. The fraction of sp³-hybridized carbons (Fsp3) is 0.538. The summed E-state index contributed by atoms with van der Waals surface area (Å²) < 4.78 is 0. The van der Waals surface area contributed by atoms with Crippen molar-refractivity contribution < 1.29 is 5.11 Å². The summed E-state index contributed by atoms with van der Waals surface area (Å²) in [4.78, 5) is 0. The van der Waals surface area contributed by atoms with E-state index in [9.17, 15) is 5.11 Å². The van der Waals surface area contributed by atoms with E-state index in [0.717, 1.165) is 18.5 Å². The maximum Gasteiger partial charge on any atom is 0.0626 e. The Bertz CT molecular complexity index is 258. The topological polar surface area (TPSA) is 32.3 Å². The van der Waals surface area contributed by atoms with Gasteiger partial charge in [-0.1, -0.05) is 44.2 Å². The van der Waals surface area contributed by atoms with Gasteiger partial charge in [0.2, 0.25) is 0 Å². The normalized spacial score (nSPS) is 13.1. The van der Waals surface area contributed by atoms with Crippen molar-refractivity contribution in [1.29, 1.82) is 0 Å². The van der Waals surface area contributed by atoms with E-state index in [4.69, 9.17) is 0 Å². The van der Waals surface area contributed by atoms with E-state index in [1.165, 1.54) is 0 Å². The molecule has 1 unspecified atom stereocenters. The van der Waals surface area contributed by atoms with Crippen molar-refractivity contribution in [2.75, 3.05) is 13.2 Å². The number of hydrogen-bond acceptors (Lipinski definition) is 2. The van der Waals surface area contributed by atoms with Gasteiger partial charge >= 0.3 is 0 Å². The van der Waals surface area contributed by atoms with Crippen LogP contribution in [0.2, 0.25) is 0 Å². The van der Waals surface area contributed by atoms with Gasteiger partial charge in [-0.15, -0.1) is 0 Å². The van der Waals surface area contributed by atoms with E-state index in [1.807, 2.05) is 30.3 Å². The molecule has 1 aromatic rings. The highest BCUT2D eigenvalue weighted by Gasteiger charge is 2.08. The largest absolute Gasteiger partial charge is 0.394 e. The SMILES string of the molecule is CC(C)CCNC(CO)c1ccccc1. The Labute approximate surface area is 92.3 Å². The van der Waals surface area contributed by atoms with Crippen LogP contribution >= 0.6 is 0 Å². The number of aliphatic hydroxyl groups excluding tert-OH is 1. The second kappa shape index (κ2) is 6.59. The first-order valence-electron chi connectivity index (χ1n) is 5.63. The predicted octanol–water partition coefficient (Wildman–Crippen LogP) is 2.36. The van der Waals surface area contributed by atoms with Gasteiger partial charge in [0.05, 0.1) is 12.6 Å². The van der Waals surface area contributed by atoms with Crippen molar-refractivity contribution in [3.63, 3.8) is 0 Å². The highest BCUT2D eigenvalue weighted by molar-refractivity contribution is 5.18. The summed E-state index contributed by atoms with van der Waals surface area (Å²) in [5.74, 6) is 0.701. The van der Waals surface area contributed by atoms with Gasteiger partial charge in [0.15, 0.2) is 0 Å². The van der Waals surface area contributed by atoms with Gasteiger partial charge in [0, 0.05) is 0 Å². The van der Waals surface area contributed by atoms with Crippen LogP contribution in [0.1, 0.15) is 31.9 Å². The molecule has 2 heteroatoms. The van der Waals surface area contributed by atoms with Crippen LogP contribution in [0.4, 0.5) is 0 Å². The van der Waals surface area contributed by atoms with Crippen molar-refractivity contribution in [1.82, 2.24) is 5.32 Å². The lowest BCUT2D eigenvalue weighted by Crippen LogP contribution is -2.26. The maximum absolute atomic E-state index is 9.28. The number of benzene rings is 1. The van der Waals surface area contributed by atoms with Gasteiger partial charge in [0.1, 0.15) is 0 Å². The average molecular weight is 207 g/mol. The van der Waals surface area contributed by atoms with Crippen molar-refractivity contribution in [2.24, 2.45) is 5.92 Å². The van der Waals surface area contributed by atoms with Gasteiger partial charge in [-0.3, -0.25) is 0 Å². The van der Waals surface area contributed by atoms with E-state index >= 15 is 0 Å². The molecule has 0 aliphatic carbocycles. The van der Waals surface area contributed by atoms with Crippen molar-refractivity contribution in [2.45, 2.75) is 26.3 Å². The molecular weight excluding hydrogens is 186 g/mol. The van der Waals surface area contributed by atoms with Crippen LogP contribution < -0.4 is 5.32 Å². The molecule has 0 spiro atoms. The molecule has 0 aromatic heterocycles. The molecule has 1 rings (SSSR count). The summed E-state index contributed by atoms with van der Waals surface area (Å²) >= 11 is 0. The molecule has 0 fully saturated rings. The van der Waals surface area contributed by atoms with E-state index in [0.29, 0.717) is 5.92 Å². The second-order valence-corrected chi connectivity index (χ2v) is 4.28. The molecule has 0 radical (unpaired) electrons. The number of aliphatic hydroxyl groups is 1. The summed E-state index contributed by atoms with van der Waals surface area (Å²) in [6.07, 6.45) is 1.14. The quantitative estimate of drug-likeness (QED) is 0.750. The zero-order valence-corrected chi connectivity index (χ0v) is 9.61. The molecule has 0 aliphatic heterocycles. The number of nitrogens with one attached hydrogen (secondary N) is 1. The molecule has 0 heterocycles. The van der Waals surface area contributed by atoms with Crippen molar-refractivity contribution >= 4 is 0 Å². The minimum Gasteiger partial charge on any atom is -0.394 e. The number of hydrogen-bond donors (Lipinski definition) is 2. The third-order valence-electron chi connectivity index (χ3n) is 2.50. The minimum atomic E-state index is 0.0740. The van der Waals surface area contributed by atoms with Crippen LogP contribution in [0.5, 0.6) is 0 Å². The van der Waals surface area contributed by atoms with Crippen LogP contribution in [0.3, 0.4) is 0 Å². The Hall–Kier alpha value is -0.860. The van der Waals surface area contributed by atoms with Crippen LogP contribution in [0, 0.1) is 5.92 Å². The summed E-state index contributed by atoms with van der Waals surface area (Å²) in [6.45, 7) is 5.52. The molecular formula is C13H21NO. The zero-order valence-electron chi connectivity index (χ0n) is 9.61. The van der Waals surface area contributed by atoms with Gasteiger partial charge in [-0.25, -0.2) is 0 Å². The molecule has 0 bridgehead atoms.